The van der Waals surface area contributed by atoms with E-state index in [0.29, 0.717) is 11.4 Å². The normalized spacial score (nSPS) is 12.6. The van der Waals surface area contributed by atoms with E-state index < -0.39 is 0 Å². The Labute approximate surface area is 152 Å². The first-order chi connectivity index (χ1) is 12.2. The van der Waals surface area contributed by atoms with Gasteiger partial charge in [-0.15, -0.1) is 0 Å². The van der Waals surface area contributed by atoms with Gasteiger partial charge in [0.1, 0.15) is 11.4 Å². The van der Waals surface area contributed by atoms with Crippen molar-refractivity contribution in [1.82, 2.24) is 0 Å². The number of benzene rings is 1. The largest absolute Gasteiger partial charge is 0.411 e. The van der Waals surface area contributed by atoms with Gasteiger partial charge in [0.05, 0.1) is 0 Å². The highest BCUT2D eigenvalue weighted by Crippen LogP contribution is 2.13. The molecule has 0 atom stereocenters. The Kier molecular flexibility index (Phi) is 11.4. The van der Waals surface area contributed by atoms with Gasteiger partial charge in [-0.3, -0.25) is 0 Å². The van der Waals surface area contributed by atoms with Gasteiger partial charge in [-0.25, -0.2) is 0 Å². The molecule has 0 aliphatic carbocycles. The fourth-order valence-electron chi connectivity index (χ4n) is 3.03. The minimum Gasteiger partial charge on any atom is -0.411 e. The molecule has 25 heavy (non-hydrogen) atoms. The van der Waals surface area contributed by atoms with E-state index in [9.17, 15) is 0 Å². The zero-order valence-corrected chi connectivity index (χ0v) is 15.9. The van der Waals surface area contributed by atoms with E-state index in [1.54, 1.807) is 6.92 Å². The van der Waals surface area contributed by atoms with Crippen LogP contribution >= 0.6 is 0 Å². The van der Waals surface area contributed by atoms with Gasteiger partial charge in [0.15, 0.2) is 0 Å². The summed E-state index contributed by atoms with van der Waals surface area (Å²) in [6.07, 6.45) is 14.6. The molecule has 0 heterocycles. The van der Waals surface area contributed by atoms with Gasteiger partial charge < -0.3 is 10.4 Å². The molecule has 0 amide bonds. The van der Waals surface area contributed by atoms with Crippen molar-refractivity contribution in [3.05, 3.63) is 35.4 Å². The van der Waals surface area contributed by atoms with Crippen molar-refractivity contribution in [2.45, 2.75) is 84.5 Å². The van der Waals surface area contributed by atoms with Gasteiger partial charge in [-0.05, 0) is 25.3 Å². The molecule has 1 rings (SSSR count). The number of nitrogens with zero attached hydrogens (tertiary/aromatic N) is 2. The summed E-state index contributed by atoms with van der Waals surface area (Å²) in [6.45, 7) is 3.86. The lowest BCUT2D eigenvalue weighted by Crippen LogP contribution is -2.12. The lowest BCUT2D eigenvalue weighted by atomic mass is 10.0. The molecule has 0 saturated heterocycles. The Morgan fingerprint density at radius 2 is 1.28 bits per heavy atom. The van der Waals surface area contributed by atoms with E-state index in [-0.39, 0.29) is 0 Å². The summed E-state index contributed by atoms with van der Waals surface area (Å²) in [6, 6.07) is 7.93. The minimum absolute atomic E-state index is 0.296. The number of aryl methyl sites for hydroxylation is 1. The van der Waals surface area contributed by atoms with Crippen LogP contribution < -0.4 is 0 Å². The van der Waals surface area contributed by atoms with Crippen molar-refractivity contribution in [3.8, 4) is 0 Å². The summed E-state index contributed by atoms with van der Waals surface area (Å²) in [5.41, 5.74) is 2.64. The first kappa shape index (κ1) is 21.2. The molecule has 4 heteroatoms. The van der Waals surface area contributed by atoms with Crippen LogP contribution in [0.25, 0.3) is 0 Å². The minimum atomic E-state index is 0.296. The first-order valence-corrected chi connectivity index (χ1v) is 9.73. The third-order valence-electron chi connectivity index (χ3n) is 4.64. The molecule has 1 aromatic rings. The maximum atomic E-state index is 9.05. The Morgan fingerprint density at radius 3 is 1.76 bits per heavy atom. The zero-order chi connectivity index (χ0) is 18.3. The molecule has 2 N–H and O–H groups in total. The second-order valence-electron chi connectivity index (χ2n) is 6.76. The molecule has 1 aromatic carbocycles. The fourth-order valence-corrected chi connectivity index (χ4v) is 3.03. The summed E-state index contributed by atoms with van der Waals surface area (Å²) in [7, 11) is 0. The molecule has 0 unspecified atom stereocenters. The first-order valence-electron chi connectivity index (χ1n) is 9.73. The molecule has 0 aromatic heterocycles. The third kappa shape index (κ3) is 8.71. The van der Waals surface area contributed by atoms with Gasteiger partial charge in [-0.2, -0.15) is 0 Å². The van der Waals surface area contributed by atoms with Crippen molar-refractivity contribution in [3.63, 3.8) is 0 Å². The van der Waals surface area contributed by atoms with Crippen LogP contribution in [0.5, 0.6) is 0 Å². The monoisotopic (exact) mass is 346 g/mol. The van der Waals surface area contributed by atoms with E-state index in [1.165, 1.54) is 69.8 Å². The molecule has 140 valence electrons. The van der Waals surface area contributed by atoms with Gasteiger partial charge in [0.25, 0.3) is 0 Å². The predicted molar refractivity (Wildman–Crippen MR) is 105 cm³/mol. The van der Waals surface area contributed by atoms with Crippen LogP contribution in [0.2, 0.25) is 0 Å². The Morgan fingerprint density at radius 1 is 0.760 bits per heavy atom. The summed E-state index contributed by atoms with van der Waals surface area (Å²) in [4.78, 5) is 0. The fraction of sp³-hybridized carbons (Fsp3) is 0.619. The highest BCUT2D eigenvalue weighted by molar-refractivity contribution is 6.47. The zero-order valence-electron chi connectivity index (χ0n) is 15.9. The molecular weight excluding hydrogens is 312 g/mol. The van der Waals surface area contributed by atoms with Gasteiger partial charge in [0, 0.05) is 5.56 Å². The van der Waals surface area contributed by atoms with E-state index in [4.69, 9.17) is 10.4 Å². The van der Waals surface area contributed by atoms with Crippen LogP contribution in [0.4, 0.5) is 0 Å². The van der Waals surface area contributed by atoms with Gasteiger partial charge in [0.2, 0.25) is 0 Å². The van der Waals surface area contributed by atoms with E-state index in [1.807, 2.05) is 12.1 Å². The second-order valence-corrected chi connectivity index (χ2v) is 6.76. The van der Waals surface area contributed by atoms with Crippen LogP contribution in [-0.2, 0) is 6.42 Å². The van der Waals surface area contributed by atoms with E-state index in [2.05, 4.69) is 29.4 Å². The average Bonchev–Trinajstić information content (AvgIpc) is 2.64. The van der Waals surface area contributed by atoms with Crippen LogP contribution in [0, 0.1) is 0 Å². The smallest absolute Gasteiger partial charge is 0.134 e. The maximum absolute atomic E-state index is 9.05. The van der Waals surface area contributed by atoms with Crippen molar-refractivity contribution < 1.29 is 10.4 Å². The maximum Gasteiger partial charge on any atom is 0.134 e. The van der Waals surface area contributed by atoms with Crippen molar-refractivity contribution >= 4 is 11.4 Å². The Balaban J connectivity index is 2.20. The number of hydrogen-bond donors (Lipinski definition) is 2. The number of unbranched alkanes of at least 4 members (excludes halogenated alkanes) is 9. The highest BCUT2D eigenvalue weighted by Gasteiger charge is 2.08. The van der Waals surface area contributed by atoms with Gasteiger partial charge >= 0.3 is 0 Å². The molecule has 0 saturated carbocycles. The molecule has 0 aliphatic heterocycles. The molecule has 0 aliphatic rings. The van der Waals surface area contributed by atoms with Crippen LogP contribution in [-0.4, -0.2) is 21.8 Å². The highest BCUT2D eigenvalue weighted by atomic mass is 16.4. The number of hydrogen-bond acceptors (Lipinski definition) is 4. The lowest BCUT2D eigenvalue weighted by Gasteiger charge is -2.06. The molecular formula is C21H34N2O2. The predicted octanol–water partition coefficient (Wildman–Crippen LogP) is 6.18. The Bertz CT molecular complexity index is 521. The molecule has 0 radical (unpaired) electrons. The Hall–Kier alpha value is -1.84. The molecule has 0 bridgehead atoms. The SMILES string of the molecule is CCCCCCCCCCCCc1ccc(C(=N/O)/C(C)=N/O)cc1. The van der Waals surface area contributed by atoms with E-state index >= 15 is 0 Å². The number of rotatable bonds is 13. The van der Waals surface area contributed by atoms with Crippen LogP contribution in [0.15, 0.2) is 34.6 Å². The summed E-state index contributed by atoms with van der Waals surface area (Å²) < 4.78 is 0. The van der Waals surface area contributed by atoms with Gasteiger partial charge in [-0.1, -0.05) is 99.3 Å². The standard InChI is InChI=1S/C21H34N2O2/c1-3-4-5-6-7-8-9-10-11-12-13-19-14-16-20(17-15-19)21(23-25)18(2)22-24/h14-17,24-25H,3-13H2,1-2H3/b22-18+,23-21+. The number of oxime groups is 2. The molecule has 0 fully saturated rings. The quantitative estimate of drug-likeness (QED) is 0.194. The molecule has 0 spiro atoms. The van der Waals surface area contributed by atoms with Crippen LogP contribution in [0.1, 0.15) is 89.2 Å². The van der Waals surface area contributed by atoms with Crippen molar-refractivity contribution in [2.75, 3.05) is 0 Å². The topological polar surface area (TPSA) is 65.2 Å². The summed E-state index contributed by atoms with van der Waals surface area (Å²) in [5.74, 6) is 0. The summed E-state index contributed by atoms with van der Waals surface area (Å²) >= 11 is 0. The second kappa shape index (κ2) is 13.5. The van der Waals surface area contributed by atoms with Crippen molar-refractivity contribution in [2.24, 2.45) is 10.3 Å². The lowest BCUT2D eigenvalue weighted by molar-refractivity contribution is 0.314. The average molecular weight is 347 g/mol. The summed E-state index contributed by atoms with van der Waals surface area (Å²) in [5, 5.41) is 24.2. The van der Waals surface area contributed by atoms with Crippen molar-refractivity contribution in [1.29, 1.82) is 0 Å². The van der Waals surface area contributed by atoms with E-state index in [0.717, 1.165) is 12.0 Å². The molecule has 4 nitrogen and oxygen atoms in total. The third-order valence-corrected chi connectivity index (χ3v) is 4.64. The van der Waals surface area contributed by atoms with Crippen LogP contribution in [0.3, 0.4) is 0 Å².